The number of nitrogens with one attached hydrogen (secondary N) is 1. The Morgan fingerprint density at radius 1 is 1.14 bits per heavy atom. The van der Waals surface area contributed by atoms with Crippen molar-refractivity contribution in [2.75, 3.05) is 19.6 Å². The summed E-state index contributed by atoms with van der Waals surface area (Å²) in [5.74, 6) is 1.42. The van der Waals surface area contributed by atoms with Crippen LogP contribution < -0.4 is 10.9 Å². The number of benzene rings is 2. The third-order valence-corrected chi connectivity index (χ3v) is 7.66. The van der Waals surface area contributed by atoms with Crippen LogP contribution in [0.1, 0.15) is 57.4 Å². The zero-order valence-corrected chi connectivity index (χ0v) is 21.9. The first-order chi connectivity index (χ1) is 17.4. The van der Waals surface area contributed by atoms with E-state index in [0.717, 1.165) is 0 Å². The van der Waals surface area contributed by atoms with Gasteiger partial charge in [0.25, 0.3) is 5.56 Å². The fourth-order valence-corrected chi connectivity index (χ4v) is 5.67. The van der Waals surface area contributed by atoms with E-state index in [1.165, 1.54) is 61.9 Å². The topological polar surface area (TPSA) is 67.2 Å². The molecule has 1 aromatic heterocycles. The van der Waals surface area contributed by atoms with Crippen LogP contribution in [0, 0.1) is 5.92 Å². The average Bonchev–Trinajstić information content (AvgIpc) is 3.64. The highest BCUT2D eigenvalue weighted by atomic mass is 35.5. The maximum Gasteiger partial charge on any atom is 0.262 e. The summed E-state index contributed by atoms with van der Waals surface area (Å²) in [6.07, 6.45) is 6.41. The summed E-state index contributed by atoms with van der Waals surface area (Å²) in [5, 5.41) is 4.01. The minimum Gasteiger partial charge on any atom is -0.352 e. The van der Waals surface area contributed by atoms with Gasteiger partial charge in [-0.05, 0) is 101 Å². The lowest BCUT2D eigenvalue weighted by Gasteiger charge is -2.26. The molecule has 2 aromatic carbocycles. The van der Waals surface area contributed by atoms with Crippen molar-refractivity contribution >= 4 is 28.4 Å². The van der Waals surface area contributed by atoms with Gasteiger partial charge < -0.3 is 10.2 Å². The highest BCUT2D eigenvalue weighted by molar-refractivity contribution is 6.30. The normalized spacial score (nSPS) is 20.1. The molecule has 2 atom stereocenters. The van der Waals surface area contributed by atoms with Crippen LogP contribution in [0.2, 0.25) is 5.02 Å². The molecule has 7 heteroatoms. The first-order valence-corrected chi connectivity index (χ1v) is 13.6. The number of fused-ring (bicyclic) bond motifs is 1. The predicted octanol–water partition coefficient (Wildman–Crippen LogP) is 5.22. The Hall–Kier alpha value is -2.70. The summed E-state index contributed by atoms with van der Waals surface area (Å²) in [6, 6.07) is 13.3. The molecule has 0 radical (unpaired) electrons. The third-order valence-electron chi connectivity index (χ3n) is 7.43. The van der Waals surface area contributed by atoms with Crippen LogP contribution in [0.25, 0.3) is 22.3 Å². The summed E-state index contributed by atoms with van der Waals surface area (Å²) < 4.78 is 1.48. The molecule has 0 spiro atoms. The fourth-order valence-electron chi connectivity index (χ4n) is 5.48. The molecular weight excluding hydrogens is 472 g/mol. The summed E-state index contributed by atoms with van der Waals surface area (Å²) in [7, 11) is 0. The maximum absolute atomic E-state index is 13.7. The van der Waals surface area contributed by atoms with Gasteiger partial charge in [-0.2, -0.15) is 0 Å². The molecule has 190 valence electrons. The van der Waals surface area contributed by atoms with Crippen molar-refractivity contribution in [3.05, 3.63) is 63.4 Å². The summed E-state index contributed by atoms with van der Waals surface area (Å²) in [5.41, 5.74) is 2.37. The van der Waals surface area contributed by atoms with Crippen LogP contribution in [0.3, 0.4) is 0 Å². The number of likely N-dealkylation sites (tertiary alicyclic amines) is 1. The number of carbonyl (C=O) groups excluding carboxylic acids is 1. The van der Waals surface area contributed by atoms with E-state index in [0.29, 0.717) is 39.1 Å². The Morgan fingerprint density at radius 3 is 2.69 bits per heavy atom. The molecule has 1 amide bonds. The molecule has 1 N–H and O–H groups in total. The lowest BCUT2D eigenvalue weighted by atomic mass is 10.0. The molecule has 1 saturated carbocycles. The van der Waals surface area contributed by atoms with Gasteiger partial charge in [-0.1, -0.05) is 36.2 Å². The van der Waals surface area contributed by atoms with Gasteiger partial charge in [0.2, 0.25) is 5.91 Å². The van der Waals surface area contributed by atoms with Crippen molar-refractivity contribution in [3.63, 3.8) is 0 Å². The van der Waals surface area contributed by atoms with Gasteiger partial charge in [0.1, 0.15) is 12.4 Å². The number of rotatable bonds is 8. The number of halogens is 1. The predicted molar refractivity (Wildman–Crippen MR) is 145 cm³/mol. The lowest BCUT2D eigenvalue weighted by Crippen LogP contribution is -2.37. The summed E-state index contributed by atoms with van der Waals surface area (Å²) >= 11 is 6.23. The van der Waals surface area contributed by atoms with Crippen LogP contribution in [-0.2, 0) is 11.3 Å². The van der Waals surface area contributed by atoms with Crippen LogP contribution >= 0.6 is 11.6 Å². The second-order valence-corrected chi connectivity index (χ2v) is 11.1. The Balaban J connectivity index is 1.44. The molecule has 2 heterocycles. The Labute approximate surface area is 217 Å². The van der Waals surface area contributed by atoms with Gasteiger partial charge in [0.05, 0.1) is 10.9 Å². The molecule has 5 rings (SSSR count). The maximum atomic E-state index is 13.7. The van der Waals surface area contributed by atoms with Crippen LogP contribution in [-0.4, -0.2) is 46.0 Å². The Bertz CT molecular complexity index is 1310. The molecule has 0 bridgehead atoms. The fraction of sp³-hybridized carbons (Fsp3) is 0.483. The molecule has 6 nitrogen and oxygen atoms in total. The molecule has 2 fully saturated rings. The number of hydrogen-bond donors (Lipinski definition) is 1. The number of hydrogen-bond acceptors (Lipinski definition) is 4. The number of nitrogens with zero attached hydrogens (tertiary/aromatic N) is 3. The van der Waals surface area contributed by atoms with Gasteiger partial charge in [-0.3, -0.25) is 14.2 Å². The van der Waals surface area contributed by atoms with E-state index in [1.54, 1.807) is 12.1 Å². The van der Waals surface area contributed by atoms with Gasteiger partial charge >= 0.3 is 0 Å². The van der Waals surface area contributed by atoms with Crippen LogP contribution in [0.5, 0.6) is 0 Å². The first-order valence-electron chi connectivity index (χ1n) is 13.2. The Kier molecular flexibility index (Phi) is 7.44. The largest absolute Gasteiger partial charge is 0.352 e. The van der Waals surface area contributed by atoms with E-state index in [1.807, 2.05) is 38.1 Å². The van der Waals surface area contributed by atoms with Gasteiger partial charge in [-0.15, -0.1) is 0 Å². The van der Waals surface area contributed by atoms with Gasteiger partial charge in [0.15, 0.2) is 0 Å². The van der Waals surface area contributed by atoms with Gasteiger partial charge in [0, 0.05) is 16.6 Å². The molecule has 1 aliphatic heterocycles. The second-order valence-electron chi connectivity index (χ2n) is 10.6. The standard InChI is InChI=1S/C29H35ClN4O2/c1-19(2)31-27(35)18-34-28(22-7-6-8-23(30)15-22)32-26-10-9-20(17-25(26)29(34)36)24-16-21(24)11-14-33-12-4-3-5-13-33/h6-10,15,17,19,21,24H,3-5,11-14,16,18H2,1-2H3,(H,31,35)/t21-,24-/m0/s1. The SMILES string of the molecule is CC(C)NC(=O)Cn1c(-c2cccc(Cl)c2)nc2ccc([C@@H]3C[C@@H]3CCN3CCCCC3)cc2c1=O. The monoisotopic (exact) mass is 506 g/mol. The van der Waals surface area contributed by atoms with Gasteiger partial charge in [-0.25, -0.2) is 4.98 Å². The Morgan fingerprint density at radius 2 is 1.94 bits per heavy atom. The second kappa shape index (κ2) is 10.7. The molecular formula is C29H35ClN4O2. The zero-order valence-electron chi connectivity index (χ0n) is 21.2. The molecule has 1 saturated heterocycles. The summed E-state index contributed by atoms with van der Waals surface area (Å²) in [6.45, 7) is 7.36. The number of piperidine rings is 1. The molecule has 36 heavy (non-hydrogen) atoms. The third kappa shape index (κ3) is 5.65. The van der Waals surface area contributed by atoms with Crippen molar-refractivity contribution < 1.29 is 4.79 Å². The molecule has 2 aliphatic rings. The highest BCUT2D eigenvalue weighted by Gasteiger charge is 2.38. The van der Waals surface area contributed by atoms with E-state index >= 15 is 0 Å². The van der Waals surface area contributed by atoms with Crippen molar-refractivity contribution in [2.24, 2.45) is 5.92 Å². The van der Waals surface area contributed by atoms with E-state index < -0.39 is 0 Å². The molecule has 1 aliphatic carbocycles. The van der Waals surface area contributed by atoms with Crippen molar-refractivity contribution in [3.8, 4) is 11.4 Å². The number of carbonyl (C=O) groups is 1. The van der Waals surface area contributed by atoms with E-state index in [9.17, 15) is 9.59 Å². The van der Waals surface area contributed by atoms with E-state index in [2.05, 4.69) is 16.3 Å². The molecule has 0 unspecified atom stereocenters. The smallest absolute Gasteiger partial charge is 0.262 e. The summed E-state index contributed by atoms with van der Waals surface area (Å²) in [4.78, 5) is 33.8. The average molecular weight is 507 g/mol. The van der Waals surface area contributed by atoms with Crippen molar-refractivity contribution in [2.45, 2.75) is 64.5 Å². The first kappa shape index (κ1) is 25.0. The number of aromatic nitrogens is 2. The van der Waals surface area contributed by atoms with Crippen molar-refractivity contribution in [1.82, 2.24) is 19.8 Å². The molecule has 3 aromatic rings. The van der Waals surface area contributed by atoms with Crippen LogP contribution in [0.4, 0.5) is 0 Å². The van der Waals surface area contributed by atoms with Crippen LogP contribution in [0.15, 0.2) is 47.3 Å². The van der Waals surface area contributed by atoms with Crippen molar-refractivity contribution in [1.29, 1.82) is 0 Å². The van der Waals surface area contributed by atoms with E-state index in [-0.39, 0.29) is 24.1 Å². The van der Waals surface area contributed by atoms with E-state index in [4.69, 9.17) is 16.6 Å². The minimum absolute atomic E-state index is 0.0143. The minimum atomic E-state index is -0.215. The zero-order chi connectivity index (χ0) is 25.2. The highest BCUT2D eigenvalue weighted by Crippen LogP contribution is 2.50. The lowest BCUT2D eigenvalue weighted by molar-refractivity contribution is -0.122. The quantitative estimate of drug-likeness (QED) is 0.454. The number of amides is 1.